The third-order valence-electron chi connectivity index (χ3n) is 4.52. The van der Waals surface area contributed by atoms with Crippen LogP contribution in [0.5, 0.6) is 5.75 Å². The SMILES string of the molecule is CC(C)CC(=O)Nc1ccc2c(c1)OCC(=O)N2CCN1CCOCC1. The maximum absolute atomic E-state index is 12.3. The molecule has 0 bridgehead atoms. The van der Waals surface area contributed by atoms with Crippen LogP contribution in [0, 0.1) is 5.92 Å². The lowest BCUT2D eigenvalue weighted by Crippen LogP contribution is -2.45. The Morgan fingerprint density at radius 3 is 2.73 bits per heavy atom. The average Bonchev–Trinajstić information content (AvgIpc) is 2.61. The highest BCUT2D eigenvalue weighted by Crippen LogP contribution is 2.34. The van der Waals surface area contributed by atoms with E-state index in [1.165, 1.54) is 0 Å². The molecule has 3 rings (SSSR count). The molecule has 0 aromatic heterocycles. The van der Waals surface area contributed by atoms with Crippen molar-refractivity contribution < 1.29 is 19.1 Å². The minimum absolute atomic E-state index is 0.0176. The Hall–Kier alpha value is -2.12. The lowest BCUT2D eigenvalue weighted by Gasteiger charge is -2.33. The molecule has 142 valence electrons. The van der Waals surface area contributed by atoms with Gasteiger partial charge in [-0.3, -0.25) is 14.5 Å². The summed E-state index contributed by atoms with van der Waals surface area (Å²) in [4.78, 5) is 28.3. The summed E-state index contributed by atoms with van der Waals surface area (Å²) in [7, 11) is 0. The standard InChI is InChI=1S/C19H27N3O4/c1-14(2)11-18(23)20-15-3-4-16-17(12-15)26-13-19(24)22(16)6-5-21-7-9-25-10-8-21/h3-4,12,14H,5-11,13H2,1-2H3,(H,20,23). The Labute approximate surface area is 154 Å². The molecular weight excluding hydrogens is 334 g/mol. The van der Waals surface area contributed by atoms with Crippen LogP contribution in [-0.2, 0) is 14.3 Å². The summed E-state index contributed by atoms with van der Waals surface area (Å²) < 4.78 is 10.9. The summed E-state index contributed by atoms with van der Waals surface area (Å²) in [6.07, 6.45) is 0.474. The molecule has 2 aliphatic rings. The van der Waals surface area contributed by atoms with Crippen LogP contribution in [0.1, 0.15) is 20.3 Å². The van der Waals surface area contributed by atoms with Gasteiger partial charge in [-0.15, -0.1) is 0 Å². The van der Waals surface area contributed by atoms with E-state index in [1.807, 2.05) is 26.0 Å². The molecule has 0 spiro atoms. The highest BCUT2D eigenvalue weighted by Gasteiger charge is 2.26. The topological polar surface area (TPSA) is 71.1 Å². The van der Waals surface area contributed by atoms with Gasteiger partial charge in [-0.2, -0.15) is 0 Å². The van der Waals surface area contributed by atoms with Crippen molar-refractivity contribution in [1.29, 1.82) is 0 Å². The zero-order valence-electron chi connectivity index (χ0n) is 15.5. The first-order valence-electron chi connectivity index (χ1n) is 9.20. The minimum atomic E-state index is -0.0395. The average molecular weight is 361 g/mol. The van der Waals surface area contributed by atoms with Crippen molar-refractivity contribution >= 4 is 23.2 Å². The van der Waals surface area contributed by atoms with Gasteiger partial charge in [-0.05, 0) is 18.1 Å². The first-order valence-corrected chi connectivity index (χ1v) is 9.20. The van der Waals surface area contributed by atoms with Gasteiger partial charge >= 0.3 is 0 Å². The molecule has 26 heavy (non-hydrogen) atoms. The van der Waals surface area contributed by atoms with Gasteiger partial charge in [-0.1, -0.05) is 13.8 Å². The number of amides is 2. The second-order valence-corrected chi connectivity index (χ2v) is 7.12. The van der Waals surface area contributed by atoms with Crippen LogP contribution in [0.2, 0.25) is 0 Å². The van der Waals surface area contributed by atoms with Gasteiger partial charge < -0.3 is 19.7 Å². The first kappa shape index (κ1) is 18.7. The lowest BCUT2D eigenvalue weighted by atomic mass is 10.1. The Morgan fingerprint density at radius 2 is 2.00 bits per heavy atom. The van der Waals surface area contributed by atoms with E-state index in [0.29, 0.717) is 30.3 Å². The van der Waals surface area contributed by atoms with E-state index < -0.39 is 0 Å². The predicted octanol–water partition coefficient (Wildman–Crippen LogP) is 1.73. The molecule has 7 nitrogen and oxygen atoms in total. The van der Waals surface area contributed by atoms with Crippen LogP contribution in [0.15, 0.2) is 18.2 Å². The largest absolute Gasteiger partial charge is 0.481 e. The second kappa shape index (κ2) is 8.51. The van der Waals surface area contributed by atoms with Crippen molar-refractivity contribution in [1.82, 2.24) is 4.90 Å². The number of rotatable bonds is 6. The third-order valence-corrected chi connectivity index (χ3v) is 4.52. The number of fused-ring (bicyclic) bond motifs is 1. The van der Waals surface area contributed by atoms with Crippen molar-refractivity contribution in [3.05, 3.63) is 18.2 Å². The second-order valence-electron chi connectivity index (χ2n) is 7.12. The number of nitrogens with zero attached hydrogens (tertiary/aromatic N) is 2. The molecule has 2 aliphatic heterocycles. The third kappa shape index (κ3) is 4.74. The van der Waals surface area contributed by atoms with Gasteiger partial charge in [0.25, 0.3) is 5.91 Å². The van der Waals surface area contributed by atoms with Gasteiger partial charge in [0.05, 0.1) is 18.9 Å². The Kier molecular flexibility index (Phi) is 6.11. The molecule has 1 N–H and O–H groups in total. The van der Waals surface area contributed by atoms with Gasteiger partial charge in [0.15, 0.2) is 6.61 Å². The van der Waals surface area contributed by atoms with Gasteiger partial charge in [0.1, 0.15) is 5.75 Å². The zero-order chi connectivity index (χ0) is 18.5. The normalized spacial score (nSPS) is 17.8. The number of ether oxygens (including phenoxy) is 2. The summed E-state index contributed by atoms with van der Waals surface area (Å²) in [5.41, 5.74) is 1.45. The molecule has 1 saturated heterocycles. The maximum Gasteiger partial charge on any atom is 0.265 e. The number of carbonyl (C=O) groups excluding carboxylic acids is 2. The molecule has 0 saturated carbocycles. The molecule has 0 atom stereocenters. The van der Waals surface area contributed by atoms with Crippen molar-refractivity contribution in [2.75, 3.05) is 56.2 Å². The summed E-state index contributed by atoms with van der Waals surface area (Å²) in [6, 6.07) is 5.46. The number of benzene rings is 1. The molecular formula is C19H27N3O4. The smallest absolute Gasteiger partial charge is 0.265 e. The molecule has 0 unspecified atom stereocenters. The van der Waals surface area contributed by atoms with Gasteiger partial charge in [0, 0.05) is 44.4 Å². The van der Waals surface area contributed by atoms with Gasteiger partial charge in [0.2, 0.25) is 5.91 Å². The van der Waals surface area contributed by atoms with E-state index in [4.69, 9.17) is 9.47 Å². The van der Waals surface area contributed by atoms with Crippen molar-refractivity contribution in [3.63, 3.8) is 0 Å². The molecule has 1 aromatic carbocycles. The summed E-state index contributed by atoms with van der Waals surface area (Å²) in [5.74, 6) is 0.879. The Balaban J connectivity index is 1.66. The Morgan fingerprint density at radius 1 is 1.23 bits per heavy atom. The van der Waals surface area contributed by atoms with E-state index in [2.05, 4.69) is 10.2 Å². The number of nitrogens with one attached hydrogen (secondary N) is 1. The molecule has 0 radical (unpaired) electrons. The maximum atomic E-state index is 12.3. The number of hydrogen-bond acceptors (Lipinski definition) is 5. The fourth-order valence-electron chi connectivity index (χ4n) is 3.18. The fraction of sp³-hybridized carbons (Fsp3) is 0.579. The molecule has 1 fully saturated rings. The van der Waals surface area contributed by atoms with Crippen LogP contribution in [0.25, 0.3) is 0 Å². The lowest BCUT2D eigenvalue weighted by molar-refractivity contribution is -0.121. The summed E-state index contributed by atoms with van der Waals surface area (Å²) in [5, 5.41) is 2.89. The molecule has 1 aromatic rings. The van der Waals surface area contributed by atoms with E-state index >= 15 is 0 Å². The molecule has 0 aliphatic carbocycles. The van der Waals surface area contributed by atoms with Crippen molar-refractivity contribution in [2.45, 2.75) is 20.3 Å². The first-order chi connectivity index (χ1) is 12.5. The number of hydrogen-bond donors (Lipinski definition) is 1. The van der Waals surface area contributed by atoms with Crippen LogP contribution in [0.3, 0.4) is 0 Å². The highest BCUT2D eigenvalue weighted by atomic mass is 16.5. The highest BCUT2D eigenvalue weighted by molar-refractivity contribution is 5.99. The monoisotopic (exact) mass is 361 g/mol. The summed E-state index contributed by atoms with van der Waals surface area (Å²) >= 11 is 0. The quantitative estimate of drug-likeness (QED) is 0.836. The van der Waals surface area contributed by atoms with Crippen LogP contribution in [-0.4, -0.2) is 62.7 Å². The van der Waals surface area contributed by atoms with Gasteiger partial charge in [-0.25, -0.2) is 0 Å². The fourth-order valence-corrected chi connectivity index (χ4v) is 3.18. The zero-order valence-corrected chi connectivity index (χ0v) is 15.5. The number of morpholine rings is 1. The van der Waals surface area contributed by atoms with Crippen LogP contribution < -0.4 is 15.0 Å². The Bertz CT molecular complexity index is 656. The van der Waals surface area contributed by atoms with Crippen molar-refractivity contribution in [3.8, 4) is 5.75 Å². The number of carbonyl (C=O) groups is 2. The van der Waals surface area contributed by atoms with E-state index in [9.17, 15) is 9.59 Å². The van der Waals surface area contributed by atoms with Crippen LogP contribution in [0.4, 0.5) is 11.4 Å². The van der Waals surface area contributed by atoms with E-state index in [0.717, 1.165) is 38.5 Å². The molecule has 2 amide bonds. The minimum Gasteiger partial charge on any atom is -0.481 e. The van der Waals surface area contributed by atoms with Crippen molar-refractivity contribution in [2.24, 2.45) is 5.92 Å². The predicted molar refractivity (Wildman–Crippen MR) is 99.6 cm³/mol. The molecule has 7 heteroatoms. The van der Waals surface area contributed by atoms with Crippen LogP contribution >= 0.6 is 0 Å². The summed E-state index contributed by atoms with van der Waals surface area (Å²) in [6.45, 7) is 8.74. The number of anilines is 2. The van der Waals surface area contributed by atoms with E-state index in [1.54, 1.807) is 11.0 Å². The van der Waals surface area contributed by atoms with E-state index in [-0.39, 0.29) is 18.4 Å². The molecule has 2 heterocycles.